The highest BCUT2D eigenvalue weighted by molar-refractivity contribution is 7.91. The number of ether oxygens (including phenoxy) is 3. The molecule has 1 heterocycles. The van der Waals surface area contributed by atoms with Crippen molar-refractivity contribution in [2.45, 2.75) is 24.9 Å². The van der Waals surface area contributed by atoms with Gasteiger partial charge in [0.1, 0.15) is 22.0 Å². The molecule has 210 valence electrons. The average Bonchev–Trinajstić information content (AvgIpc) is 2.80. The lowest BCUT2D eigenvalue weighted by Crippen LogP contribution is -2.26. The average molecular weight is 578 g/mol. The number of methoxy groups -OCH3 is 1. The molecule has 15 heteroatoms. The molecule has 0 aliphatic heterocycles. The van der Waals surface area contributed by atoms with Gasteiger partial charge < -0.3 is 19.2 Å². The maximum absolute atomic E-state index is 14.8. The van der Waals surface area contributed by atoms with E-state index in [0.29, 0.717) is 12.1 Å². The molecule has 0 saturated carbocycles. The number of hydrogen-bond donors (Lipinski definition) is 2. The van der Waals surface area contributed by atoms with Crippen LogP contribution < -0.4 is 14.9 Å². The first kappa shape index (κ1) is 29.5. The van der Waals surface area contributed by atoms with Gasteiger partial charge in [-0.25, -0.2) is 22.6 Å². The zero-order valence-electron chi connectivity index (χ0n) is 20.6. The number of rotatable bonds is 7. The Bertz CT molecular complexity index is 1630. The van der Waals surface area contributed by atoms with Crippen molar-refractivity contribution in [2.24, 2.45) is 0 Å². The summed E-state index contributed by atoms with van der Waals surface area (Å²) in [5.74, 6) is -8.39. The van der Waals surface area contributed by atoms with Gasteiger partial charge in [-0.05, 0) is 38.1 Å². The topological polar surface area (TPSA) is 119 Å². The van der Waals surface area contributed by atoms with Gasteiger partial charge in [0, 0.05) is 17.5 Å². The first-order valence-corrected chi connectivity index (χ1v) is 12.8. The number of alkyl halides is 3. The molecule has 2 aromatic carbocycles. The predicted octanol–water partition coefficient (Wildman–Crippen LogP) is 5.80. The first-order chi connectivity index (χ1) is 18.0. The number of aryl methyl sites for hydroxylation is 1. The van der Waals surface area contributed by atoms with E-state index in [1.165, 1.54) is 13.8 Å². The van der Waals surface area contributed by atoms with Crippen LogP contribution in [0.5, 0.6) is 17.2 Å². The zero-order chi connectivity index (χ0) is 29.4. The lowest BCUT2D eigenvalue weighted by atomic mass is 10.0. The summed E-state index contributed by atoms with van der Waals surface area (Å²) >= 11 is 0. The highest BCUT2D eigenvalue weighted by atomic mass is 32.2. The number of carbonyl (C=O) groups excluding carboxylic acids is 1. The van der Waals surface area contributed by atoms with Crippen molar-refractivity contribution in [1.82, 2.24) is 4.98 Å². The number of aromatic amines is 1. The van der Waals surface area contributed by atoms with E-state index in [2.05, 4.69) is 4.98 Å². The Labute approximate surface area is 217 Å². The van der Waals surface area contributed by atoms with Gasteiger partial charge in [-0.15, -0.1) is 0 Å². The Morgan fingerprint density at radius 3 is 2.28 bits per heavy atom. The molecule has 0 aliphatic carbocycles. The molecule has 2 N–H and O–H groups in total. The third kappa shape index (κ3) is 5.72. The number of nitrogens with one attached hydrogen (secondary N) is 2. The highest BCUT2D eigenvalue weighted by Crippen LogP contribution is 2.43. The van der Waals surface area contributed by atoms with Crippen LogP contribution in [-0.2, 0) is 20.6 Å². The first-order valence-electron chi connectivity index (χ1n) is 10.8. The fraction of sp³-hybridized carbons (Fsp3) is 0.250. The van der Waals surface area contributed by atoms with E-state index in [1.807, 2.05) is 0 Å². The molecule has 39 heavy (non-hydrogen) atoms. The van der Waals surface area contributed by atoms with Crippen LogP contribution >= 0.6 is 0 Å². The van der Waals surface area contributed by atoms with Gasteiger partial charge in [0.25, 0.3) is 0 Å². The van der Waals surface area contributed by atoms with Gasteiger partial charge in [-0.3, -0.25) is 4.79 Å². The molecule has 8 nitrogen and oxygen atoms in total. The molecule has 0 saturated heterocycles. The Morgan fingerprint density at radius 1 is 1.10 bits per heavy atom. The number of carbonyl (C=O) groups is 1. The largest absolute Gasteiger partial charge is 0.490 e. The lowest BCUT2D eigenvalue weighted by molar-refractivity contribution is -0.140. The van der Waals surface area contributed by atoms with Crippen LogP contribution in [0.25, 0.3) is 11.3 Å². The Kier molecular flexibility index (Phi) is 8.05. The second kappa shape index (κ2) is 10.6. The summed E-state index contributed by atoms with van der Waals surface area (Å²) in [7, 11) is -2.81. The summed E-state index contributed by atoms with van der Waals surface area (Å²) in [5, 5.41) is 0. The maximum atomic E-state index is 14.8. The van der Waals surface area contributed by atoms with Gasteiger partial charge in [-0.2, -0.15) is 17.6 Å². The predicted molar refractivity (Wildman–Crippen MR) is 126 cm³/mol. The van der Waals surface area contributed by atoms with Crippen LogP contribution in [0, 0.1) is 29.2 Å². The van der Waals surface area contributed by atoms with Crippen LogP contribution in [0.3, 0.4) is 0 Å². The molecular weight excluding hydrogens is 558 g/mol. The molecule has 3 rings (SSSR count). The van der Waals surface area contributed by atoms with Gasteiger partial charge in [0.2, 0.25) is 17.0 Å². The minimum absolute atomic E-state index is 0.190. The van der Waals surface area contributed by atoms with Gasteiger partial charge >= 0.3 is 12.1 Å². The summed E-state index contributed by atoms with van der Waals surface area (Å²) in [5.41, 5.74) is -5.44. The number of esters is 1. The summed E-state index contributed by atoms with van der Waals surface area (Å²) in [4.78, 5) is 28.0. The van der Waals surface area contributed by atoms with Gasteiger partial charge in [0.05, 0.1) is 34.7 Å². The Balaban J connectivity index is 2.47. The maximum Gasteiger partial charge on any atom is 0.419 e. The molecule has 0 aliphatic rings. The normalized spacial score (nSPS) is 13.1. The van der Waals surface area contributed by atoms with Crippen molar-refractivity contribution in [3.63, 3.8) is 0 Å². The lowest BCUT2D eigenvalue weighted by Gasteiger charge is -2.19. The van der Waals surface area contributed by atoms with E-state index in [9.17, 15) is 40.1 Å². The fourth-order valence-electron chi connectivity index (χ4n) is 3.73. The molecule has 0 radical (unpaired) electrons. The van der Waals surface area contributed by atoms with E-state index in [4.69, 9.17) is 19.0 Å². The molecule has 0 amide bonds. The Morgan fingerprint density at radius 2 is 1.74 bits per heavy atom. The van der Waals surface area contributed by atoms with E-state index in [-0.39, 0.29) is 18.4 Å². The minimum atomic E-state index is -5.24. The monoisotopic (exact) mass is 578 g/mol. The van der Waals surface area contributed by atoms with Crippen molar-refractivity contribution in [3.8, 4) is 28.5 Å². The summed E-state index contributed by atoms with van der Waals surface area (Å²) in [6.45, 7) is 2.32. The SMILES string of the molecule is CCOC(=O)c1c(-c2cc(F)c(C(F)(F)F)cc2Oc2ccc(F)c(F)c2OC)[nH]c(C)c([S@@](C)(=N)=O)c1=O. The zero-order valence-corrected chi connectivity index (χ0v) is 21.5. The molecular formula is C24H20F6N2O6S. The second-order valence-electron chi connectivity index (χ2n) is 8.04. The van der Waals surface area contributed by atoms with Crippen molar-refractivity contribution < 1.29 is 49.6 Å². The quantitative estimate of drug-likeness (QED) is 0.270. The number of aromatic nitrogens is 1. The Hall–Kier alpha value is -4.01. The van der Waals surface area contributed by atoms with Crippen LogP contribution in [-0.4, -0.2) is 35.1 Å². The van der Waals surface area contributed by atoms with Crippen LogP contribution in [0.15, 0.2) is 34.0 Å². The van der Waals surface area contributed by atoms with E-state index in [0.717, 1.165) is 19.4 Å². The smallest absolute Gasteiger partial charge is 0.419 e. The molecule has 0 fully saturated rings. The van der Waals surface area contributed by atoms with Crippen molar-refractivity contribution in [3.05, 3.63) is 68.8 Å². The van der Waals surface area contributed by atoms with Crippen molar-refractivity contribution in [1.29, 1.82) is 4.78 Å². The van der Waals surface area contributed by atoms with Crippen molar-refractivity contribution in [2.75, 3.05) is 20.0 Å². The van der Waals surface area contributed by atoms with Gasteiger partial charge in [-0.1, -0.05) is 0 Å². The van der Waals surface area contributed by atoms with E-state index in [1.54, 1.807) is 0 Å². The highest BCUT2D eigenvalue weighted by Gasteiger charge is 2.37. The molecule has 0 spiro atoms. The summed E-state index contributed by atoms with van der Waals surface area (Å²) in [6, 6.07) is 1.92. The van der Waals surface area contributed by atoms with Crippen molar-refractivity contribution >= 4 is 15.7 Å². The van der Waals surface area contributed by atoms with E-state index >= 15 is 0 Å². The van der Waals surface area contributed by atoms with Crippen LogP contribution in [0.4, 0.5) is 26.3 Å². The number of pyridine rings is 1. The van der Waals surface area contributed by atoms with E-state index < -0.39 is 89.3 Å². The number of hydrogen-bond acceptors (Lipinski definition) is 7. The van der Waals surface area contributed by atoms with Crippen LogP contribution in [0.2, 0.25) is 0 Å². The standard InChI is InChI=1S/C24H20F6N2O6S/c1-5-37-23(34)17-19(32-10(2)22(20(17)33)39(4,31)35)11-8-14(26)12(24(28,29)30)9-16(11)38-15-7-6-13(25)18(27)21(15)36-3/h6-9,31H,5H2,1-4H3,(H,32,33)/t39-/m0/s1. The molecule has 1 atom stereocenters. The third-order valence-corrected chi connectivity index (χ3v) is 6.56. The fourth-order valence-corrected chi connectivity index (χ4v) is 4.82. The summed E-state index contributed by atoms with van der Waals surface area (Å²) < 4.78 is 119. The van der Waals surface area contributed by atoms with Gasteiger partial charge in [0.15, 0.2) is 11.6 Å². The minimum Gasteiger partial charge on any atom is -0.490 e. The third-order valence-electron chi connectivity index (χ3n) is 5.29. The van der Waals surface area contributed by atoms with Crippen LogP contribution in [0.1, 0.15) is 28.5 Å². The molecule has 0 bridgehead atoms. The molecule has 1 aromatic heterocycles. The molecule has 3 aromatic rings. The number of benzene rings is 2. The summed E-state index contributed by atoms with van der Waals surface area (Å²) in [6.07, 6.45) is -4.34. The second-order valence-corrected chi connectivity index (χ2v) is 10.1. The molecule has 0 unspecified atom stereocenters. The number of H-pyrrole nitrogens is 1. The number of halogens is 6.